The second-order valence-electron chi connectivity index (χ2n) is 7.98. The first-order valence-corrected chi connectivity index (χ1v) is 11.6. The molecular formula is C29H27NOS. The summed E-state index contributed by atoms with van der Waals surface area (Å²) >= 11 is 1.82. The Morgan fingerprint density at radius 2 is 1.50 bits per heavy atom. The number of thiophene rings is 1. The highest BCUT2D eigenvalue weighted by molar-refractivity contribution is 7.17. The number of fused-ring (bicyclic) bond motifs is 3. The third-order valence-electron chi connectivity index (χ3n) is 5.33. The highest BCUT2D eigenvalue weighted by Gasteiger charge is 1.98. The van der Waals surface area contributed by atoms with Crippen LogP contribution in [-0.4, -0.2) is 4.98 Å². The van der Waals surface area contributed by atoms with Crippen molar-refractivity contribution in [1.82, 2.24) is 4.98 Å². The van der Waals surface area contributed by atoms with Gasteiger partial charge in [0.25, 0.3) is 0 Å². The van der Waals surface area contributed by atoms with Crippen molar-refractivity contribution >= 4 is 43.3 Å². The molecule has 0 saturated carbocycles. The minimum atomic E-state index is 0.972. The molecule has 0 saturated heterocycles. The molecule has 0 N–H and O–H groups in total. The van der Waals surface area contributed by atoms with Crippen LogP contribution in [0.2, 0.25) is 0 Å². The van der Waals surface area contributed by atoms with Gasteiger partial charge in [0.2, 0.25) is 0 Å². The average Bonchev–Trinajstić information content (AvgIpc) is 3.37. The molecule has 0 unspecified atom stereocenters. The fourth-order valence-electron chi connectivity index (χ4n) is 3.55. The van der Waals surface area contributed by atoms with Gasteiger partial charge in [-0.25, -0.2) is 0 Å². The molecule has 0 atom stereocenters. The number of aromatic nitrogens is 1. The van der Waals surface area contributed by atoms with Gasteiger partial charge in [0.05, 0.1) is 11.8 Å². The van der Waals surface area contributed by atoms with E-state index in [1.54, 1.807) is 6.26 Å². The van der Waals surface area contributed by atoms with Gasteiger partial charge in [-0.2, -0.15) is 0 Å². The van der Waals surface area contributed by atoms with Gasteiger partial charge in [0.15, 0.2) is 0 Å². The smallest absolute Gasteiger partial charge is 0.134 e. The number of benzene rings is 3. The highest BCUT2D eigenvalue weighted by Crippen LogP contribution is 2.25. The molecule has 0 spiro atoms. The van der Waals surface area contributed by atoms with Crippen LogP contribution >= 0.6 is 11.3 Å². The molecule has 0 aliphatic rings. The van der Waals surface area contributed by atoms with Crippen molar-refractivity contribution in [2.75, 3.05) is 0 Å². The summed E-state index contributed by atoms with van der Waals surface area (Å²) in [5, 5.41) is 6.04. The Morgan fingerprint density at radius 1 is 0.719 bits per heavy atom. The lowest BCUT2D eigenvalue weighted by Crippen LogP contribution is -1.80. The Morgan fingerprint density at radius 3 is 2.34 bits per heavy atom. The lowest BCUT2D eigenvalue weighted by Gasteiger charge is -1.95. The number of hydrogen-bond acceptors (Lipinski definition) is 3. The summed E-state index contributed by atoms with van der Waals surface area (Å²) in [6, 6.07) is 26.9. The molecule has 6 aromatic rings. The lowest BCUT2D eigenvalue weighted by atomic mass is 10.1. The van der Waals surface area contributed by atoms with E-state index in [4.69, 9.17) is 4.42 Å². The standard InChI is InChI=1S/C10H9N.C10H10S.C9H8O/c1-8-6-7-9-4-2-3-5-10(9)11-8;1-7-3-4-10-9(5-7)8(2)6-11-10;1-7-6-10-9-5-3-2-4-8(7)9/h2-7H,1H3;3-6H,1-2H3;2-6H,1H3. The van der Waals surface area contributed by atoms with E-state index in [9.17, 15) is 0 Å². The molecule has 0 aliphatic heterocycles. The van der Waals surface area contributed by atoms with Gasteiger partial charge in [-0.05, 0) is 73.9 Å². The molecule has 3 aromatic carbocycles. The van der Waals surface area contributed by atoms with Crippen molar-refractivity contribution in [2.45, 2.75) is 27.7 Å². The van der Waals surface area contributed by atoms with Crippen LogP contribution in [0.4, 0.5) is 0 Å². The fraction of sp³-hybridized carbons (Fsp3) is 0.138. The summed E-state index contributed by atoms with van der Waals surface area (Å²) in [4.78, 5) is 4.38. The Labute approximate surface area is 193 Å². The van der Waals surface area contributed by atoms with Crippen LogP contribution < -0.4 is 0 Å². The minimum absolute atomic E-state index is 0.972. The largest absolute Gasteiger partial charge is 0.464 e. The minimum Gasteiger partial charge on any atom is -0.464 e. The zero-order valence-corrected chi connectivity index (χ0v) is 19.7. The van der Waals surface area contributed by atoms with Gasteiger partial charge in [-0.3, -0.25) is 4.98 Å². The van der Waals surface area contributed by atoms with Crippen LogP contribution in [0.15, 0.2) is 94.9 Å². The first kappa shape index (κ1) is 21.8. The van der Waals surface area contributed by atoms with E-state index >= 15 is 0 Å². The SMILES string of the molecule is Cc1ccc2ccccc2n1.Cc1ccc2scc(C)c2c1.Cc1coc2ccccc12. The predicted octanol–water partition coefficient (Wildman–Crippen LogP) is 8.80. The molecule has 3 heteroatoms. The van der Waals surface area contributed by atoms with Crippen molar-refractivity contribution in [3.63, 3.8) is 0 Å². The van der Waals surface area contributed by atoms with Crippen molar-refractivity contribution in [1.29, 1.82) is 0 Å². The summed E-state index contributed by atoms with van der Waals surface area (Å²) < 4.78 is 6.65. The number of nitrogens with zero attached hydrogens (tertiary/aromatic N) is 1. The van der Waals surface area contributed by atoms with Crippen LogP contribution in [0, 0.1) is 27.7 Å². The van der Waals surface area contributed by atoms with Crippen molar-refractivity contribution < 1.29 is 4.42 Å². The molecule has 3 heterocycles. The predicted molar refractivity (Wildman–Crippen MR) is 139 cm³/mol. The molecule has 2 nitrogen and oxygen atoms in total. The Balaban J connectivity index is 0.000000115. The lowest BCUT2D eigenvalue weighted by molar-refractivity contribution is 0.613. The monoisotopic (exact) mass is 437 g/mol. The number of rotatable bonds is 0. The number of furan rings is 1. The van der Waals surface area contributed by atoms with Gasteiger partial charge in [0.1, 0.15) is 5.58 Å². The normalized spacial score (nSPS) is 10.5. The third-order valence-corrected chi connectivity index (χ3v) is 6.42. The molecule has 32 heavy (non-hydrogen) atoms. The van der Waals surface area contributed by atoms with E-state index in [2.05, 4.69) is 60.6 Å². The number of hydrogen-bond donors (Lipinski definition) is 0. The molecule has 0 radical (unpaired) electrons. The maximum Gasteiger partial charge on any atom is 0.134 e. The van der Waals surface area contributed by atoms with E-state index < -0.39 is 0 Å². The summed E-state index contributed by atoms with van der Waals surface area (Å²) in [7, 11) is 0. The van der Waals surface area contributed by atoms with E-state index in [1.807, 2.05) is 67.6 Å². The second kappa shape index (κ2) is 9.80. The Hall–Kier alpha value is -3.43. The summed E-state index contributed by atoms with van der Waals surface area (Å²) in [6.07, 6.45) is 1.78. The third kappa shape index (κ3) is 5.06. The van der Waals surface area contributed by atoms with Gasteiger partial charge >= 0.3 is 0 Å². The number of para-hydroxylation sites is 2. The second-order valence-corrected chi connectivity index (χ2v) is 8.89. The van der Waals surface area contributed by atoms with E-state index in [-0.39, 0.29) is 0 Å². The van der Waals surface area contributed by atoms with E-state index in [1.165, 1.54) is 37.5 Å². The molecule has 0 fully saturated rings. The van der Waals surface area contributed by atoms with E-state index in [0.29, 0.717) is 0 Å². The molecule has 0 aliphatic carbocycles. The average molecular weight is 438 g/mol. The number of aryl methyl sites for hydroxylation is 4. The van der Waals surface area contributed by atoms with Gasteiger partial charge in [0, 0.05) is 21.2 Å². The zero-order valence-electron chi connectivity index (χ0n) is 18.9. The van der Waals surface area contributed by atoms with Crippen molar-refractivity contribution in [2.24, 2.45) is 0 Å². The zero-order chi connectivity index (χ0) is 22.5. The molecule has 0 bridgehead atoms. The summed E-state index contributed by atoms with van der Waals surface area (Å²) in [6.45, 7) is 8.35. The van der Waals surface area contributed by atoms with Crippen LogP contribution in [0.25, 0.3) is 32.0 Å². The Bertz CT molecular complexity index is 1470. The molecule has 160 valence electrons. The van der Waals surface area contributed by atoms with Gasteiger partial charge in [-0.1, -0.05) is 60.2 Å². The first-order chi connectivity index (χ1) is 15.5. The van der Waals surface area contributed by atoms with Crippen molar-refractivity contribution in [3.8, 4) is 0 Å². The first-order valence-electron chi connectivity index (χ1n) is 10.7. The summed E-state index contributed by atoms with van der Waals surface area (Å²) in [5.41, 5.74) is 7.07. The van der Waals surface area contributed by atoms with Gasteiger partial charge < -0.3 is 4.42 Å². The van der Waals surface area contributed by atoms with Crippen LogP contribution in [0.1, 0.15) is 22.4 Å². The maximum atomic E-state index is 5.25. The van der Waals surface area contributed by atoms with Crippen LogP contribution in [-0.2, 0) is 0 Å². The maximum absolute atomic E-state index is 5.25. The van der Waals surface area contributed by atoms with E-state index in [0.717, 1.165) is 16.8 Å². The fourth-order valence-corrected chi connectivity index (χ4v) is 4.47. The van der Waals surface area contributed by atoms with Crippen LogP contribution in [0.5, 0.6) is 0 Å². The van der Waals surface area contributed by atoms with Crippen molar-refractivity contribution in [3.05, 3.63) is 113 Å². The topological polar surface area (TPSA) is 26.0 Å². The molecular weight excluding hydrogens is 410 g/mol. The number of pyridine rings is 1. The molecule has 6 rings (SSSR count). The summed E-state index contributed by atoms with van der Waals surface area (Å²) in [5.74, 6) is 0. The van der Waals surface area contributed by atoms with Crippen LogP contribution in [0.3, 0.4) is 0 Å². The quantitative estimate of drug-likeness (QED) is 0.237. The molecule has 3 aromatic heterocycles. The van der Waals surface area contributed by atoms with Gasteiger partial charge in [-0.15, -0.1) is 11.3 Å². The molecule has 0 amide bonds. The highest BCUT2D eigenvalue weighted by atomic mass is 32.1. The Kier molecular flexibility index (Phi) is 6.67.